The van der Waals surface area contributed by atoms with E-state index in [0.29, 0.717) is 22.1 Å². The number of anilines is 1. The third-order valence-electron chi connectivity index (χ3n) is 2.86. The van der Waals surface area contributed by atoms with Gasteiger partial charge >= 0.3 is 0 Å². The molecule has 0 saturated carbocycles. The molecule has 0 bridgehead atoms. The molecule has 0 atom stereocenters. The molecule has 8 heteroatoms. The molecule has 0 radical (unpaired) electrons. The average molecular weight is 369 g/mol. The Morgan fingerprint density at radius 1 is 1.19 bits per heavy atom. The Balaban J connectivity index is 2.17. The lowest BCUT2D eigenvalue weighted by molar-refractivity contribution is 0.632. The fourth-order valence-electron chi connectivity index (χ4n) is 1.86. The summed E-state index contributed by atoms with van der Waals surface area (Å²) in [6.45, 7) is 0. The predicted octanol–water partition coefficient (Wildman–Crippen LogP) is 3.47. The number of nitrogens with zero attached hydrogens (tertiary/aromatic N) is 4. The first-order chi connectivity index (χ1) is 10.1. The van der Waals surface area contributed by atoms with Crippen molar-refractivity contribution in [1.82, 2.24) is 20.2 Å². The number of halogens is 3. The van der Waals surface area contributed by atoms with Crippen LogP contribution in [0.4, 0.5) is 10.1 Å². The molecular weight excluding hydrogens is 361 g/mol. The van der Waals surface area contributed by atoms with Gasteiger partial charge in [-0.1, -0.05) is 27.5 Å². The molecule has 0 fully saturated rings. The van der Waals surface area contributed by atoms with Gasteiger partial charge in [0.1, 0.15) is 5.82 Å². The summed E-state index contributed by atoms with van der Waals surface area (Å²) in [4.78, 5) is 0. The smallest absolute Gasteiger partial charge is 0.187 e. The molecule has 0 saturated heterocycles. The molecule has 5 nitrogen and oxygen atoms in total. The van der Waals surface area contributed by atoms with Crippen LogP contribution in [0.1, 0.15) is 0 Å². The van der Waals surface area contributed by atoms with Crippen molar-refractivity contribution in [3.8, 4) is 17.1 Å². The van der Waals surface area contributed by atoms with Crippen LogP contribution >= 0.6 is 27.5 Å². The van der Waals surface area contributed by atoms with Crippen LogP contribution in [0.3, 0.4) is 0 Å². The number of tetrazole rings is 1. The van der Waals surface area contributed by atoms with Gasteiger partial charge in [-0.2, -0.15) is 4.68 Å². The van der Waals surface area contributed by atoms with Crippen molar-refractivity contribution < 1.29 is 4.39 Å². The van der Waals surface area contributed by atoms with Crippen molar-refractivity contribution >= 4 is 33.2 Å². The highest BCUT2D eigenvalue weighted by Crippen LogP contribution is 2.28. The van der Waals surface area contributed by atoms with Crippen LogP contribution in [0.25, 0.3) is 17.1 Å². The fourth-order valence-corrected chi connectivity index (χ4v) is 2.41. The summed E-state index contributed by atoms with van der Waals surface area (Å²) in [5.41, 5.74) is 6.81. The molecule has 21 heavy (non-hydrogen) atoms. The van der Waals surface area contributed by atoms with E-state index in [0.717, 1.165) is 4.47 Å². The number of hydrogen-bond donors (Lipinski definition) is 1. The second-order valence-corrected chi connectivity index (χ2v) is 5.57. The summed E-state index contributed by atoms with van der Waals surface area (Å²) in [5, 5.41) is 12.0. The normalized spacial score (nSPS) is 10.8. The first-order valence-corrected chi connectivity index (χ1v) is 7.02. The van der Waals surface area contributed by atoms with Crippen molar-refractivity contribution in [3.63, 3.8) is 0 Å². The Kier molecular flexibility index (Phi) is 3.60. The van der Waals surface area contributed by atoms with Gasteiger partial charge in [-0.3, -0.25) is 0 Å². The van der Waals surface area contributed by atoms with Crippen LogP contribution in [0.2, 0.25) is 5.02 Å². The molecule has 1 heterocycles. The first-order valence-electron chi connectivity index (χ1n) is 5.85. The minimum Gasteiger partial charge on any atom is -0.396 e. The molecule has 0 aliphatic rings. The quantitative estimate of drug-likeness (QED) is 0.703. The third-order valence-corrected chi connectivity index (χ3v) is 3.67. The van der Waals surface area contributed by atoms with Gasteiger partial charge in [0.15, 0.2) is 5.82 Å². The van der Waals surface area contributed by atoms with E-state index in [1.165, 1.54) is 16.8 Å². The average Bonchev–Trinajstić information content (AvgIpc) is 2.93. The SMILES string of the molecule is Nc1cc(-c2nnnn2-c2cc(Br)ccc2Cl)ccc1F. The van der Waals surface area contributed by atoms with Gasteiger partial charge in [0, 0.05) is 10.0 Å². The Morgan fingerprint density at radius 3 is 2.76 bits per heavy atom. The number of nitrogens with two attached hydrogens (primary N) is 1. The molecule has 1 aromatic heterocycles. The molecule has 106 valence electrons. The maximum Gasteiger partial charge on any atom is 0.187 e. The predicted molar refractivity (Wildman–Crippen MR) is 81.7 cm³/mol. The van der Waals surface area contributed by atoms with Crippen LogP contribution in [-0.2, 0) is 0 Å². The largest absolute Gasteiger partial charge is 0.396 e. The number of nitrogen functional groups attached to an aromatic ring is 1. The molecule has 2 N–H and O–H groups in total. The van der Waals surface area contributed by atoms with Crippen molar-refractivity contribution in [1.29, 1.82) is 0 Å². The molecule has 0 spiro atoms. The lowest BCUT2D eigenvalue weighted by atomic mass is 10.2. The maximum atomic E-state index is 13.3. The van der Waals surface area contributed by atoms with Crippen LogP contribution in [-0.4, -0.2) is 20.2 Å². The topological polar surface area (TPSA) is 69.6 Å². The highest BCUT2D eigenvalue weighted by Gasteiger charge is 2.14. The molecule has 3 rings (SSSR count). The van der Waals surface area contributed by atoms with Gasteiger partial charge in [0.25, 0.3) is 0 Å². The van der Waals surface area contributed by atoms with E-state index in [1.807, 2.05) is 6.07 Å². The standard InChI is InChI=1S/C13H8BrClFN5/c14-8-2-3-9(15)12(6-8)21-13(18-19-20-21)7-1-4-10(16)11(17)5-7/h1-6H,17H2. The van der Waals surface area contributed by atoms with Crippen molar-refractivity contribution in [2.75, 3.05) is 5.73 Å². The first kappa shape index (κ1) is 14.0. The van der Waals surface area contributed by atoms with E-state index >= 15 is 0 Å². The summed E-state index contributed by atoms with van der Waals surface area (Å²) in [6.07, 6.45) is 0. The van der Waals surface area contributed by atoms with Crippen LogP contribution < -0.4 is 5.73 Å². The second-order valence-electron chi connectivity index (χ2n) is 4.25. The summed E-state index contributed by atoms with van der Waals surface area (Å²) in [7, 11) is 0. The summed E-state index contributed by atoms with van der Waals surface area (Å²) >= 11 is 9.56. The lowest BCUT2D eigenvalue weighted by Crippen LogP contribution is -2.01. The Hall–Kier alpha value is -1.99. The highest BCUT2D eigenvalue weighted by molar-refractivity contribution is 9.10. The van der Waals surface area contributed by atoms with Crippen molar-refractivity contribution in [2.45, 2.75) is 0 Å². The van der Waals surface area contributed by atoms with Crippen molar-refractivity contribution in [3.05, 3.63) is 51.7 Å². The summed E-state index contributed by atoms with van der Waals surface area (Å²) in [6, 6.07) is 9.63. The number of aromatic nitrogens is 4. The molecule has 0 unspecified atom stereocenters. The van der Waals surface area contributed by atoms with Gasteiger partial charge < -0.3 is 5.73 Å². The molecule has 0 aliphatic heterocycles. The Bertz CT molecular complexity index is 820. The number of rotatable bonds is 2. The van der Waals surface area contributed by atoms with Gasteiger partial charge in [-0.15, -0.1) is 5.10 Å². The van der Waals surface area contributed by atoms with Crippen LogP contribution in [0.5, 0.6) is 0 Å². The van der Waals surface area contributed by atoms with Crippen LogP contribution in [0.15, 0.2) is 40.9 Å². The monoisotopic (exact) mass is 367 g/mol. The zero-order chi connectivity index (χ0) is 15.0. The van der Waals surface area contributed by atoms with E-state index in [9.17, 15) is 4.39 Å². The van der Waals surface area contributed by atoms with E-state index in [4.69, 9.17) is 17.3 Å². The van der Waals surface area contributed by atoms with E-state index in [1.54, 1.807) is 18.2 Å². The van der Waals surface area contributed by atoms with E-state index in [2.05, 4.69) is 31.5 Å². The molecule has 3 aromatic rings. The number of hydrogen-bond acceptors (Lipinski definition) is 4. The van der Waals surface area contributed by atoms with Gasteiger partial charge in [0.2, 0.25) is 0 Å². The zero-order valence-corrected chi connectivity index (χ0v) is 12.8. The van der Waals surface area contributed by atoms with E-state index < -0.39 is 5.82 Å². The zero-order valence-electron chi connectivity index (χ0n) is 10.5. The van der Waals surface area contributed by atoms with Crippen LogP contribution in [0, 0.1) is 5.82 Å². The number of benzene rings is 2. The van der Waals surface area contributed by atoms with Gasteiger partial charge in [-0.25, -0.2) is 4.39 Å². The Labute approximate surface area is 132 Å². The third kappa shape index (κ3) is 2.62. The molecule has 0 amide bonds. The molecule has 0 aliphatic carbocycles. The Morgan fingerprint density at radius 2 is 2.00 bits per heavy atom. The fraction of sp³-hybridized carbons (Fsp3) is 0. The summed E-state index contributed by atoms with van der Waals surface area (Å²) < 4.78 is 15.6. The second kappa shape index (κ2) is 5.42. The molecular formula is C13H8BrClFN5. The lowest BCUT2D eigenvalue weighted by Gasteiger charge is -2.08. The van der Waals surface area contributed by atoms with Gasteiger partial charge in [0.05, 0.1) is 16.4 Å². The maximum absolute atomic E-state index is 13.3. The van der Waals surface area contributed by atoms with Crippen molar-refractivity contribution in [2.24, 2.45) is 0 Å². The minimum absolute atomic E-state index is 0.0300. The van der Waals surface area contributed by atoms with Gasteiger partial charge in [-0.05, 0) is 46.8 Å². The molecule has 2 aromatic carbocycles. The van der Waals surface area contributed by atoms with E-state index in [-0.39, 0.29) is 5.69 Å². The minimum atomic E-state index is -0.488. The summed E-state index contributed by atoms with van der Waals surface area (Å²) in [5.74, 6) is -0.0695. The highest BCUT2D eigenvalue weighted by atomic mass is 79.9.